The van der Waals surface area contributed by atoms with Crippen LogP contribution in [0.5, 0.6) is 0 Å². The number of amides is 1. The Bertz CT molecular complexity index is 985. The maximum atomic E-state index is 13.2. The molecule has 5 rings (SSSR count). The molecule has 1 amide bonds. The van der Waals surface area contributed by atoms with Crippen molar-refractivity contribution in [3.8, 4) is 5.82 Å². The van der Waals surface area contributed by atoms with Crippen LogP contribution in [-0.2, 0) is 4.79 Å². The van der Waals surface area contributed by atoms with E-state index < -0.39 is 0 Å². The Labute approximate surface area is 180 Å². The molecule has 31 heavy (non-hydrogen) atoms. The zero-order valence-electron chi connectivity index (χ0n) is 17.3. The molecule has 0 N–H and O–H groups in total. The van der Waals surface area contributed by atoms with Crippen molar-refractivity contribution < 1.29 is 4.79 Å². The number of nitrogens with zero attached hydrogens (tertiary/aromatic N) is 9. The first-order valence-corrected chi connectivity index (χ1v) is 10.7. The molecular formula is C21H25N9O. The second kappa shape index (κ2) is 8.66. The van der Waals surface area contributed by atoms with Crippen molar-refractivity contribution in [2.75, 3.05) is 49.1 Å². The highest BCUT2D eigenvalue weighted by molar-refractivity contribution is 5.80. The van der Waals surface area contributed by atoms with E-state index in [1.807, 2.05) is 41.4 Å². The van der Waals surface area contributed by atoms with Crippen LogP contribution in [-0.4, -0.2) is 80.0 Å². The Morgan fingerprint density at radius 3 is 2.45 bits per heavy atom. The van der Waals surface area contributed by atoms with Crippen LogP contribution >= 0.6 is 0 Å². The van der Waals surface area contributed by atoms with Crippen LogP contribution in [0.3, 0.4) is 0 Å². The van der Waals surface area contributed by atoms with Gasteiger partial charge in [-0.3, -0.25) is 4.79 Å². The molecule has 2 aliphatic rings. The molecule has 5 heterocycles. The lowest BCUT2D eigenvalue weighted by atomic mass is 9.96. The van der Waals surface area contributed by atoms with E-state index in [4.69, 9.17) is 0 Å². The summed E-state index contributed by atoms with van der Waals surface area (Å²) in [4.78, 5) is 28.0. The highest BCUT2D eigenvalue weighted by atomic mass is 16.2. The molecule has 0 radical (unpaired) electrons. The number of rotatable bonds is 4. The van der Waals surface area contributed by atoms with E-state index in [-0.39, 0.29) is 11.8 Å². The van der Waals surface area contributed by atoms with Gasteiger partial charge in [0.2, 0.25) is 5.91 Å². The second-order valence-electron chi connectivity index (χ2n) is 7.88. The third kappa shape index (κ3) is 4.18. The molecule has 0 spiro atoms. The third-order valence-corrected chi connectivity index (χ3v) is 5.95. The van der Waals surface area contributed by atoms with E-state index >= 15 is 0 Å². The average Bonchev–Trinajstić information content (AvgIpc) is 3.40. The van der Waals surface area contributed by atoms with Gasteiger partial charge in [-0.25, -0.2) is 14.6 Å². The number of carbonyl (C=O) groups excluding carboxylic acids is 1. The molecule has 1 atom stereocenters. The van der Waals surface area contributed by atoms with Gasteiger partial charge in [0.15, 0.2) is 11.6 Å². The minimum atomic E-state index is -0.00746. The van der Waals surface area contributed by atoms with E-state index in [9.17, 15) is 4.79 Å². The van der Waals surface area contributed by atoms with Crippen molar-refractivity contribution in [1.82, 2.24) is 34.8 Å². The molecule has 0 saturated carbocycles. The summed E-state index contributed by atoms with van der Waals surface area (Å²) in [6.45, 7) is 4.66. The summed E-state index contributed by atoms with van der Waals surface area (Å²) >= 11 is 0. The van der Waals surface area contributed by atoms with E-state index in [1.165, 1.54) is 6.33 Å². The zero-order valence-corrected chi connectivity index (χ0v) is 17.3. The lowest BCUT2D eigenvalue weighted by molar-refractivity contribution is -0.136. The van der Waals surface area contributed by atoms with Crippen molar-refractivity contribution in [1.29, 1.82) is 0 Å². The van der Waals surface area contributed by atoms with Gasteiger partial charge in [-0.2, -0.15) is 5.10 Å². The summed E-state index contributed by atoms with van der Waals surface area (Å²) in [5, 5.41) is 12.7. The van der Waals surface area contributed by atoms with Gasteiger partial charge in [0.1, 0.15) is 18.5 Å². The van der Waals surface area contributed by atoms with Crippen LogP contribution in [0.25, 0.3) is 5.82 Å². The molecule has 2 saturated heterocycles. The SMILES string of the molecule is O=C(C1CCCN(c2ccc(-n3cncn3)nn2)C1)N1CCN(c2ccccn2)CC1. The molecule has 3 aromatic heterocycles. The minimum absolute atomic E-state index is 0.00746. The van der Waals surface area contributed by atoms with Gasteiger partial charge in [0, 0.05) is 45.5 Å². The minimum Gasteiger partial charge on any atom is -0.354 e. The molecule has 0 aliphatic carbocycles. The van der Waals surface area contributed by atoms with Crippen LogP contribution in [0.1, 0.15) is 12.8 Å². The summed E-state index contributed by atoms with van der Waals surface area (Å²) in [6.07, 6.45) is 6.75. The zero-order chi connectivity index (χ0) is 21.0. The Hall–Kier alpha value is -3.56. The smallest absolute Gasteiger partial charge is 0.227 e. The molecule has 3 aromatic rings. The number of hydrogen-bond donors (Lipinski definition) is 0. The normalized spacial score (nSPS) is 19.5. The van der Waals surface area contributed by atoms with Gasteiger partial charge in [-0.05, 0) is 37.1 Å². The molecule has 2 aliphatic heterocycles. The fourth-order valence-corrected chi connectivity index (χ4v) is 4.28. The van der Waals surface area contributed by atoms with Gasteiger partial charge in [-0.1, -0.05) is 6.07 Å². The Morgan fingerprint density at radius 1 is 0.903 bits per heavy atom. The van der Waals surface area contributed by atoms with Crippen LogP contribution in [0.15, 0.2) is 49.2 Å². The fourth-order valence-electron chi connectivity index (χ4n) is 4.28. The summed E-state index contributed by atoms with van der Waals surface area (Å²) < 4.78 is 1.57. The Kier molecular flexibility index (Phi) is 5.42. The molecule has 10 nitrogen and oxygen atoms in total. The molecule has 2 fully saturated rings. The largest absolute Gasteiger partial charge is 0.354 e. The number of aromatic nitrogens is 6. The maximum Gasteiger partial charge on any atom is 0.227 e. The van der Waals surface area contributed by atoms with Gasteiger partial charge in [0.05, 0.1) is 5.92 Å². The lowest BCUT2D eigenvalue weighted by Gasteiger charge is -2.39. The van der Waals surface area contributed by atoms with Gasteiger partial charge >= 0.3 is 0 Å². The molecule has 10 heteroatoms. The summed E-state index contributed by atoms with van der Waals surface area (Å²) in [5.41, 5.74) is 0. The second-order valence-corrected chi connectivity index (χ2v) is 7.88. The molecule has 160 valence electrons. The quantitative estimate of drug-likeness (QED) is 0.618. The number of anilines is 2. The topological polar surface area (TPSA) is 96.2 Å². The molecule has 0 aromatic carbocycles. The van der Waals surface area contributed by atoms with Crippen LogP contribution in [0.2, 0.25) is 0 Å². The lowest BCUT2D eigenvalue weighted by Crippen LogP contribution is -2.52. The Morgan fingerprint density at radius 2 is 1.74 bits per heavy atom. The maximum absolute atomic E-state index is 13.2. The standard InChI is InChI=1S/C21H25N9O/c31-21(28-12-10-27(11-13-28)18-5-1-2-8-23-18)17-4-3-9-29(14-17)19-6-7-20(26-25-19)30-16-22-15-24-30/h1-2,5-8,15-17H,3-4,9-14H2. The number of piperazine rings is 1. The first-order valence-electron chi connectivity index (χ1n) is 10.7. The van der Waals surface area contributed by atoms with Crippen LogP contribution in [0.4, 0.5) is 11.6 Å². The molecule has 0 bridgehead atoms. The first kappa shape index (κ1) is 19.4. The third-order valence-electron chi connectivity index (χ3n) is 5.95. The highest BCUT2D eigenvalue weighted by Gasteiger charge is 2.31. The monoisotopic (exact) mass is 419 g/mol. The summed E-state index contributed by atoms with van der Waals surface area (Å²) in [7, 11) is 0. The predicted octanol–water partition coefficient (Wildman–Crippen LogP) is 1.02. The van der Waals surface area contributed by atoms with E-state index in [0.717, 1.165) is 57.2 Å². The fraction of sp³-hybridized carbons (Fsp3) is 0.429. The molecular weight excluding hydrogens is 394 g/mol. The van der Waals surface area contributed by atoms with Crippen molar-refractivity contribution in [3.63, 3.8) is 0 Å². The Balaban J connectivity index is 1.19. The first-order chi connectivity index (χ1) is 15.3. The average molecular weight is 419 g/mol. The van der Waals surface area contributed by atoms with Gasteiger partial charge < -0.3 is 14.7 Å². The predicted molar refractivity (Wildman–Crippen MR) is 115 cm³/mol. The number of carbonyl (C=O) groups is 1. The van der Waals surface area contributed by atoms with Gasteiger partial charge in [0.25, 0.3) is 0 Å². The van der Waals surface area contributed by atoms with Crippen LogP contribution in [0, 0.1) is 5.92 Å². The van der Waals surface area contributed by atoms with E-state index in [1.54, 1.807) is 11.0 Å². The highest BCUT2D eigenvalue weighted by Crippen LogP contribution is 2.24. The number of hydrogen-bond acceptors (Lipinski definition) is 8. The summed E-state index contributed by atoms with van der Waals surface area (Å²) in [6, 6.07) is 9.75. The van der Waals surface area contributed by atoms with Crippen molar-refractivity contribution in [3.05, 3.63) is 49.2 Å². The van der Waals surface area contributed by atoms with Crippen molar-refractivity contribution in [2.45, 2.75) is 12.8 Å². The van der Waals surface area contributed by atoms with Gasteiger partial charge in [-0.15, -0.1) is 10.2 Å². The molecule has 1 unspecified atom stereocenters. The number of pyridine rings is 1. The van der Waals surface area contributed by atoms with E-state index in [0.29, 0.717) is 12.4 Å². The van der Waals surface area contributed by atoms with E-state index in [2.05, 4.69) is 35.1 Å². The van der Waals surface area contributed by atoms with Crippen molar-refractivity contribution in [2.24, 2.45) is 5.92 Å². The summed E-state index contributed by atoms with van der Waals surface area (Å²) in [5.74, 6) is 2.63. The number of piperidine rings is 1. The van der Waals surface area contributed by atoms with Crippen molar-refractivity contribution >= 4 is 17.5 Å². The van der Waals surface area contributed by atoms with Crippen LogP contribution < -0.4 is 9.80 Å².